The molecule has 1 aliphatic rings. The van der Waals surface area contributed by atoms with Crippen molar-refractivity contribution in [1.82, 2.24) is 10.6 Å². The van der Waals surface area contributed by atoms with E-state index in [4.69, 9.17) is 4.74 Å². The number of esters is 1. The largest absolute Gasteiger partial charge is 0.424 e. The summed E-state index contributed by atoms with van der Waals surface area (Å²) in [6.45, 7) is 6.25. The van der Waals surface area contributed by atoms with E-state index in [1.807, 2.05) is 0 Å². The fourth-order valence-electron chi connectivity index (χ4n) is 1.87. The summed E-state index contributed by atoms with van der Waals surface area (Å²) >= 11 is 0. The van der Waals surface area contributed by atoms with Gasteiger partial charge in [-0.05, 0) is 39.8 Å². The fourth-order valence-corrected chi connectivity index (χ4v) is 1.87. The van der Waals surface area contributed by atoms with Crippen LogP contribution in [0.4, 0.5) is 0 Å². The Labute approximate surface area is 122 Å². The Balaban J connectivity index is 2.54. The summed E-state index contributed by atoms with van der Waals surface area (Å²) in [5.74, 6) is -1.40. The minimum Gasteiger partial charge on any atom is -0.424 e. The summed E-state index contributed by atoms with van der Waals surface area (Å²) < 4.78 is 5.26. The Kier molecular flexibility index (Phi) is 3.49. The second-order valence-corrected chi connectivity index (χ2v) is 6.04. The Hall–Kier alpha value is -2.37. The molecule has 1 aliphatic heterocycles. The van der Waals surface area contributed by atoms with Gasteiger partial charge >= 0.3 is 5.97 Å². The van der Waals surface area contributed by atoms with Crippen molar-refractivity contribution in [3.05, 3.63) is 29.8 Å². The molecule has 6 nitrogen and oxygen atoms in total. The van der Waals surface area contributed by atoms with Crippen LogP contribution in [0.5, 0.6) is 5.75 Å². The molecule has 21 heavy (non-hydrogen) atoms. The molecule has 0 fully saturated rings. The molecule has 0 saturated carbocycles. The highest BCUT2D eigenvalue weighted by Crippen LogP contribution is 2.22. The summed E-state index contributed by atoms with van der Waals surface area (Å²) in [4.78, 5) is 36.7. The van der Waals surface area contributed by atoms with E-state index in [2.05, 4.69) is 10.6 Å². The molecule has 6 heteroatoms. The molecule has 0 bridgehead atoms. The van der Waals surface area contributed by atoms with Gasteiger partial charge in [-0.25, -0.2) is 4.79 Å². The van der Waals surface area contributed by atoms with Gasteiger partial charge in [0.1, 0.15) is 16.8 Å². The molecule has 0 spiro atoms. The van der Waals surface area contributed by atoms with Crippen LogP contribution in [0.25, 0.3) is 0 Å². The van der Waals surface area contributed by atoms with Crippen molar-refractivity contribution in [2.45, 2.75) is 38.8 Å². The number of carbonyl (C=O) groups is 3. The normalized spacial score (nSPS) is 20.7. The maximum atomic E-state index is 12.3. The molecule has 2 amide bonds. The Morgan fingerprint density at radius 3 is 2.19 bits per heavy atom. The molecule has 2 N–H and O–H groups in total. The van der Waals surface area contributed by atoms with Gasteiger partial charge in [0, 0.05) is 0 Å². The average Bonchev–Trinajstić information content (AvgIpc) is 2.37. The minimum absolute atomic E-state index is 0.167. The van der Waals surface area contributed by atoms with Gasteiger partial charge in [-0.1, -0.05) is 12.1 Å². The first-order valence-electron chi connectivity index (χ1n) is 6.60. The van der Waals surface area contributed by atoms with Gasteiger partial charge in [0.05, 0.1) is 5.56 Å². The fraction of sp³-hybridized carbons (Fsp3) is 0.400. The average molecular weight is 290 g/mol. The molecule has 1 heterocycles. The van der Waals surface area contributed by atoms with E-state index >= 15 is 0 Å². The van der Waals surface area contributed by atoms with Crippen molar-refractivity contribution in [3.8, 4) is 5.75 Å². The van der Waals surface area contributed by atoms with Crippen LogP contribution in [0, 0.1) is 0 Å². The minimum atomic E-state index is -1.20. The van der Waals surface area contributed by atoms with Crippen molar-refractivity contribution in [2.75, 3.05) is 0 Å². The molecule has 1 aromatic carbocycles. The third-order valence-corrected chi connectivity index (χ3v) is 3.26. The van der Waals surface area contributed by atoms with Crippen LogP contribution in [0.1, 0.15) is 38.1 Å². The van der Waals surface area contributed by atoms with E-state index in [1.54, 1.807) is 52.0 Å². The zero-order valence-corrected chi connectivity index (χ0v) is 12.4. The number of para-hydroxylation sites is 1. The summed E-state index contributed by atoms with van der Waals surface area (Å²) in [6.07, 6.45) is 0. The third-order valence-electron chi connectivity index (χ3n) is 3.26. The van der Waals surface area contributed by atoms with Crippen molar-refractivity contribution in [3.63, 3.8) is 0 Å². The maximum Gasteiger partial charge on any atom is 0.336 e. The van der Waals surface area contributed by atoms with Crippen LogP contribution in [-0.4, -0.2) is 28.9 Å². The lowest BCUT2D eigenvalue weighted by Crippen LogP contribution is -2.62. The van der Waals surface area contributed by atoms with E-state index in [9.17, 15) is 14.4 Å². The summed E-state index contributed by atoms with van der Waals surface area (Å²) in [5, 5.41) is 5.23. The number of benzene rings is 1. The number of hydrogen-bond donors (Lipinski definition) is 2. The number of amides is 2. The number of carbonyl (C=O) groups excluding carboxylic acids is 3. The molecule has 0 unspecified atom stereocenters. The van der Waals surface area contributed by atoms with E-state index in [-0.39, 0.29) is 11.3 Å². The molecule has 0 aromatic heterocycles. The lowest BCUT2D eigenvalue weighted by atomic mass is 9.98. The molecule has 1 aromatic rings. The van der Waals surface area contributed by atoms with Gasteiger partial charge in [-0.3, -0.25) is 9.59 Å². The van der Waals surface area contributed by atoms with Crippen LogP contribution in [0.3, 0.4) is 0 Å². The highest BCUT2D eigenvalue weighted by atomic mass is 16.5. The molecule has 0 atom stereocenters. The molecule has 2 rings (SSSR count). The monoisotopic (exact) mass is 290 g/mol. The van der Waals surface area contributed by atoms with E-state index in [1.165, 1.54) is 0 Å². The number of nitrogens with one attached hydrogen (secondary N) is 2. The van der Waals surface area contributed by atoms with Gasteiger partial charge in [0.15, 0.2) is 0 Å². The first-order chi connectivity index (χ1) is 9.63. The quantitative estimate of drug-likeness (QED) is 0.551. The van der Waals surface area contributed by atoms with Crippen molar-refractivity contribution in [2.24, 2.45) is 0 Å². The molecule has 0 saturated heterocycles. The second kappa shape index (κ2) is 4.87. The molecule has 0 radical (unpaired) electrons. The molecule has 0 aliphatic carbocycles. The highest BCUT2D eigenvalue weighted by Gasteiger charge is 2.39. The van der Waals surface area contributed by atoms with Crippen LogP contribution < -0.4 is 15.4 Å². The molecular weight excluding hydrogens is 272 g/mol. The number of rotatable bonds is 0. The Morgan fingerprint density at radius 2 is 1.52 bits per heavy atom. The molecular formula is C15H18N2O4. The third kappa shape index (κ3) is 2.89. The van der Waals surface area contributed by atoms with E-state index < -0.39 is 28.9 Å². The Bertz CT molecular complexity index is 620. The Morgan fingerprint density at radius 1 is 0.905 bits per heavy atom. The number of ether oxygens (including phenoxy) is 1. The topological polar surface area (TPSA) is 84.5 Å². The smallest absolute Gasteiger partial charge is 0.336 e. The first kappa shape index (κ1) is 15.0. The van der Waals surface area contributed by atoms with Crippen LogP contribution >= 0.6 is 0 Å². The lowest BCUT2D eigenvalue weighted by Gasteiger charge is -2.32. The summed E-state index contributed by atoms with van der Waals surface area (Å²) in [6, 6.07) is 6.41. The van der Waals surface area contributed by atoms with Gasteiger partial charge < -0.3 is 15.4 Å². The standard InChI is InChI=1S/C15H18N2O4/c1-14(2)12(19)17-15(3,4)13(20)21-10-8-6-5-7-9(10)11(18)16-14/h5-8H,1-4H3,(H,16,18)(H,17,19). The predicted molar refractivity (Wildman–Crippen MR) is 75.8 cm³/mol. The lowest BCUT2D eigenvalue weighted by molar-refractivity contribution is -0.144. The van der Waals surface area contributed by atoms with Gasteiger partial charge in [-0.15, -0.1) is 0 Å². The SMILES string of the molecule is CC1(C)NC(=O)c2ccccc2OC(=O)C(C)(C)NC1=O. The number of fused-ring (bicyclic) bond motifs is 1. The van der Waals surface area contributed by atoms with Gasteiger partial charge in [0.2, 0.25) is 5.91 Å². The number of hydrogen-bond acceptors (Lipinski definition) is 4. The van der Waals surface area contributed by atoms with E-state index in [0.717, 1.165) is 0 Å². The van der Waals surface area contributed by atoms with Gasteiger partial charge in [0.25, 0.3) is 5.91 Å². The van der Waals surface area contributed by atoms with Gasteiger partial charge in [-0.2, -0.15) is 0 Å². The van der Waals surface area contributed by atoms with Crippen molar-refractivity contribution in [1.29, 1.82) is 0 Å². The first-order valence-corrected chi connectivity index (χ1v) is 6.60. The highest BCUT2D eigenvalue weighted by molar-refractivity contribution is 6.03. The zero-order chi connectivity index (χ0) is 15.8. The van der Waals surface area contributed by atoms with Crippen LogP contribution in [0.2, 0.25) is 0 Å². The maximum absolute atomic E-state index is 12.3. The van der Waals surface area contributed by atoms with Crippen LogP contribution in [-0.2, 0) is 9.59 Å². The summed E-state index contributed by atoms with van der Waals surface area (Å²) in [5.41, 5.74) is -2.15. The van der Waals surface area contributed by atoms with E-state index in [0.29, 0.717) is 0 Å². The predicted octanol–water partition coefficient (Wildman–Crippen LogP) is 1.01. The van der Waals surface area contributed by atoms with Crippen molar-refractivity contribution < 1.29 is 19.1 Å². The van der Waals surface area contributed by atoms with Crippen molar-refractivity contribution >= 4 is 17.8 Å². The molecule has 112 valence electrons. The summed E-state index contributed by atoms with van der Waals surface area (Å²) in [7, 11) is 0. The zero-order valence-electron chi connectivity index (χ0n) is 12.4. The van der Waals surface area contributed by atoms with Crippen LogP contribution in [0.15, 0.2) is 24.3 Å². The second-order valence-electron chi connectivity index (χ2n) is 6.04.